The largest absolute Gasteiger partial charge is 0.334 e. The van der Waals surface area contributed by atoms with Gasteiger partial charge in [-0.2, -0.15) is 0 Å². The molecule has 2 amide bonds. The van der Waals surface area contributed by atoms with Gasteiger partial charge in [0.2, 0.25) is 0 Å². The molecule has 1 aromatic carbocycles. The van der Waals surface area contributed by atoms with Crippen LogP contribution in [0.15, 0.2) is 29.2 Å². The lowest BCUT2D eigenvalue weighted by atomic mass is 10.1. The summed E-state index contributed by atoms with van der Waals surface area (Å²) >= 11 is 0. The van der Waals surface area contributed by atoms with Gasteiger partial charge in [-0.15, -0.1) is 0 Å². The third kappa shape index (κ3) is 4.95. The molecule has 1 fully saturated rings. The van der Waals surface area contributed by atoms with Crippen molar-refractivity contribution in [2.45, 2.75) is 50.2 Å². The van der Waals surface area contributed by atoms with Gasteiger partial charge in [-0.3, -0.25) is 4.90 Å². The molecule has 1 aromatic rings. The van der Waals surface area contributed by atoms with Crippen molar-refractivity contribution in [1.82, 2.24) is 15.1 Å². The average molecular weight is 368 g/mol. The molecule has 6 nitrogen and oxygen atoms in total. The Balaban J connectivity index is 1.97. The number of nitrogens with one attached hydrogen (secondary N) is 1. The maximum absolute atomic E-state index is 12.5. The number of hydrogen-bond acceptors (Lipinski definition) is 4. The predicted molar refractivity (Wildman–Crippen MR) is 99.4 cm³/mol. The maximum Gasteiger partial charge on any atom is 0.317 e. The molecule has 2 unspecified atom stereocenters. The van der Waals surface area contributed by atoms with E-state index in [1.54, 1.807) is 36.2 Å². The van der Waals surface area contributed by atoms with Gasteiger partial charge in [-0.1, -0.05) is 12.1 Å². The van der Waals surface area contributed by atoms with Gasteiger partial charge >= 0.3 is 6.03 Å². The van der Waals surface area contributed by atoms with Gasteiger partial charge in [0.25, 0.3) is 0 Å². The van der Waals surface area contributed by atoms with E-state index in [9.17, 15) is 13.2 Å². The van der Waals surface area contributed by atoms with Crippen molar-refractivity contribution in [2.75, 3.05) is 26.4 Å². The number of rotatable bonds is 5. The van der Waals surface area contributed by atoms with Crippen LogP contribution in [0, 0.1) is 0 Å². The molecule has 0 bridgehead atoms. The number of hydrogen-bond donors (Lipinski definition) is 1. The van der Waals surface area contributed by atoms with Gasteiger partial charge in [-0.05, 0) is 44.9 Å². The molecule has 0 aromatic heterocycles. The maximum atomic E-state index is 12.5. The minimum absolute atomic E-state index is 0.102. The number of carbonyl (C=O) groups excluding carboxylic acids is 1. The number of urea groups is 1. The van der Waals surface area contributed by atoms with Gasteiger partial charge in [0, 0.05) is 38.5 Å². The van der Waals surface area contributed by atoms with E-state index >= 15 is 0 Å². The Bertz CT molecular complexity index is 701. The SMILES string of the molecule is CC(C)N1CCC(NC(=O)N(C)C(C)c2ccc(S(C)(=O)=O)cc2)C1. The van der Waals surface area contributed by atoms with Crippen LogP contribution in [0.5, 0.6) is 0 Å². The lowest BCUT2D eigenvalue weighted by Gasteiger charge is -2.27. The van der Waals surface area contributed by atoms with Crippen LogP contribution >= 0.6 is 0 Å². The Labute approximate surface area is 151 Å². The highest BCUT2D eigenvalue weighted by molar-refractivity contribution is 7.90. The summed E-state index contributed by atoms with van der Waals surface area (Å²) in [5.74, 6) is 0. The van der Waals surface area contributed by atoms with Gasteiger partial charge in [-0.25, -0.2) is 13.2 Å². The van der Waals surface area contributed by atoms with Crippen LogP contribution in [0.1, 0.15) is 38.8 Å². The molecule has 1 aliphatic rings. The molecule has 0 saturated carbocycles. The molecule has 1 aliphatic heterocycles. The molecule has 0 spiro atoms. The van der Waals surface area contributed by atoms with Crippen LogP contribution in [-0.2, 0) is 9.84 Å². The van der Waals surface area contributed by atoms with Crippen molar-refractivity contribution in [3.05, 3.63) is 29.8 Å². The first-order valence-electron chi connectivity index (χ1n) is 8.67. The molecule has 0 radical (unpaired) electrons. The number of amides is 2. The monoisotopic (exact) mass is 367 g/mol. The van der Waals surface area contributed by atoms with Gasteiger partial charge < -0.3 is 10.2 Å². The van der Waals surface area contributed by atoms with Crippen molar-refractivity contribution in [3.63, 3.8) is 0 Å². The van der Waals surface area contributed by atoms with Crippen molar-refractivity contribution in [1.29, 1.82) is 0 Å². The van der Waals surface area contributed by atoms with Crippen molar-refractivity contribution in [3.8, 4) is 0 Å². The first-order chi connectivity index (χ1) is 11.6. The zero-order chi connectivity index (χ0) is 18.8. The summed E-state index contributed by atoms with van der Waals surface area (Å²) in [7, 11) is -1.44. The standard InChI is InChI=1S/C18H29N3O3S/c1-13(2)21-11-10-16(12-21)19-18(22)20(4)14(3)15-6-8-17(9-7-15)25(5,23)24/h6-9,13-14,16H,10-12H2,1-5H3,(H,19,22). The average Bonchev–Trinajstić information content (AvgIpc) is 3.01. The second-order valence-corrected chi connectivity index (χ2v) is 9.17. The molecule has 2 atom stereocenters. The second kappa shape index (κ2) is 7.74. The molecule has 1 heterocycles. The highest BCUT2D eigenvalue weighted by Crippen LogP contribution is 2.21. The summed E-state index contributed by atoms with van der Waals surface area (Å²) in [5.41, 5.74) is 0.903. The third-order valence-corrected chi connectivity index (χ3v) is 6.10. The number of likely N-dealkylation sites (tertiary alicyclic amines) is 1. The zero-order valence-electron chi connectivity index (χ0n) is 15.7. The van der Waals surface area contributed by atoms with Crippen molar-refractivity contribution >= 4 is 15.9 Å². The van der Waals surface area contributed by atoms with Crippen LogP contribution in [0.4, 0.5) is 4.79 Å². The Morgan fingerprint density at radius 1 is 1.24 bits per heavy atom. The summed E-state index contributed by atoms with van der Waals surface area (Å²) in [6.07, 6.45) is 2.16. The van der Waals surface area contributed by atoms with E-state index in [2.05, 4.69) is 24.1 Å². The quantitative estimate of drug-likeness (QED) is 0.867. The molecule has 1 N–H and O–H groups in total. The van der Waals surface area contributed by atoms with Gasteiger partial charge in [0.1, 0.15) is 0 Å². The molecule has 2 rings (SSSR count). The third-order valence-electron chi connectivity index (χ3n) is 4.97. The molecule has 0 aliphatic carbocycles. The van der Waals surface area contributed by atoms with Crippen LogP contribution in [0.25, 0.3) is 0 Å². The van der Waals surface area contributed by atoms with E-state index in [4.69, 9.17) is 0 Å². The van der Waals surface area contributed by atoms with Gasteiger partial charge in [0.15, 0.2) is 9.84 Å². The Kier molecular flexibility index (Phi) is 6.11. The lowest BCUT2D eigenvalue weighted by Crippen LogP contribution is -2.45. The van der Waals surface area contributed by atoms with E-state index in [-0.39, 0.29) is 23.0 Å². The first kappa shape index (κ1) is 19.7. The fourth-order valence-corrected chi connectivity index (χ4v) is 3.67. The smallest absolute Gasteiger partial charge is 0.317 e. The summed E-state index contributed by atoms with van der Waals surface area (Å²) in [6, 6.07) is 7.13. The van der Waals surface area contributed by atoms with Crippen molar-refractivity contribution in [2.24, 2.45) is 0 Å². The van der Waals surface area contributed by atoms with E-state index < -0.39 is 9.84 Å². The topological polar surface area (TPSA) is 69.7 Å². The predicted octanol–water partition coefficient (Wildman–Crippen LogP) is 2.28. The highest BCUT2D eigenvalue weighted by Gasteiger charge is 2.27. The lowest BCUT2D eigenvalue weighted by molar-refractivity contribution is 0.189. The highest BCUT2D eigenvalue weighted by atomic mass is 32.2. The fraction of sp³-hybridized carbons (Fsp3) is 0.611. The van der Waals surface area contributed by atoms with E-state index in [1.807, 2.05) is 6.92 Å². The van der Waals surface area contributed by atoms with Crippen molar-refractivity contribution < 1.29 is 13.2 Å². The van der Waals surface area contributed by atoms with Crippen LogP contribution < -0.4 is 5.32 Å². The fourth-order valence-electron chi connectivity index (χ4n) is 3.04. The zero-order valence-corrected chi connectivity index (χ0v) is 16.5. The van der Waals surface area contributed by atoms with Crippen LogP contribution in [0.2, 0.25) is 0 Å². The second-order valence-electron chi connectivity index (χ2n) is 7.15. The van der Waals surface area contributed by atoms with Gasteiger partial charge in [0.05, 0.1) is 10.9 Å². The summed E-state index contributed by atoms with van der Waals surface area (Å²) < 4.78 is 23.1. The Morgan fingerprint density at radius 2 is 1.84 bits per heavy atom. The molecule has 140 valence electrons. The molecule has 1 saturated heterocycles. The minimum Gasteiger partial charge on any atom is -0.334 e. The number of nitrogens with zero attached hydrogens (tertiary/aromatic N) is 2. The van der Waals surface area contributed by atoms with E-state index in [0.29, 0.717) is 6.04 Å². The summed E-state index contributed by atoms with van der Waals surface area (Å²) in [4.78, 5) is 16.8. The molecule has 25 heavy (non-hydrogen) atoms. The molecular formula is C18H29N3O3S. The minimum atomic E-state index is -3.21. The molecular weight excluding hydrogens is 338 g/mol. The van der Waals surface area contributed by atoms with E-state index in [0.717, 1.165) is 25.1 Å². The Morgan fingerprint density at radius 3 is 2.32 bits per heavy atom. The summed E-state index contributed by atoms with van der Waals surface area (Å²) in [5, 5.41) is 3.10. The first-order valence-corrected chi connectivity index (χ1v) is 10.6. The van der Waals surface area contributed by atoms with Crippen LogP contribution in [-0.4, -0.2) is 62.7 Å². The summed E-state index contributed by atoms with van der Waals surface area (Å²) in [6.45, 7) is 8.16. The number of carbonyl (C=O) groups is 1. The molecule has 7 heteroatoms. The number of benzene rings is 1. The normalized spacial score (nSPS) is 19.8. The van der Waals surface area contributed by atoms with Crippen LogP contribution in [0.3, 0.4) is 0 Å². The number of sulfone groups is 1. The van der Waals surface area contributed by atoms with E-state index in [1.165, 1.54) is 6.26 Å². The Hall–Kier alpha value is -1.60.